The van der Waals surface area contributed by atoms with E-state index in [2.05, 4.69) is 31.1 Å². The molecule has 0 atom stereocenters. The number of rotatable bonds is 4. The Balaban J connectivity index is 1.45. The number of nitrogens with zero attached hydrogens (tertiary/aromatic N) is 3. The fraction of sp³-hybridized carbons (Fsp3) is 0.533. The minimum atomic E-state index is -0.00239. The molecule has 1 saturated carbocycles. The molecule has 0 radical (unpaired) electrons. The maximum absolute atomic E-state index is 12.1. The highest BCUT2D eigenvalue weighted by molar-refractivity contribution is 9.10. The first kappa shape index (κ1) is 15.3. The molecule has 1 aliphatic heterocycles. The molecule has 2 amide bonds. The number of hydrogen-bond acceptors (Lipinski definition) is 4. The number of anilines is 1. The maximum Gasteiger partial charge on any atom is 0.242 e. The second-order valence-corrected chi connectivity index (χ2v) is 6.61. The first-order chi connectivity index (χ1) is 10.6. The first-order valence-electron chi connectivity index (χ1n) is 7.55. The molecule has 1 N–H and O–H groups in total. The molecule has 2 aliphatic rings. The lowest BCUT2D eigenvalue weighted by Crippen LogP contribution is -2.51. The van der Waals surface area contributed by atoms with Gasteiger partial charge in [-0.2, -0.15) is 0 Å². The van der Waals surface area contributed by atoms with Crippen molar-refractivity contribution in [2.24, 2.45) is 5.92 Å². The zero-order valence-corrected chi connectivity index (χ0v) is 13.9. The van der Waals surface area contributed by atoms with E-state index >= 15 is 0 Å². The summed E-state index contributed by atoms with van der Waals surface area (Å²) in [5.74, 6) is 1.09. The lowest BCUT2D eigenvalue weighted by atomic mass is 10.3. The van der Waals surface area contributed by atoms with E-state index in [1.54, 1.807) is 6.20 Å². The predicted molar refractivity (Wildman–Crippen MR) is 86.5 cm³/mol. The van der Waals surface area contributed by atoms with E-state index in [0.29, 0.717) is 13.1 Å². The van der Waals surface area contributed by atoms with Gasteiger partial charge >= 0.3 is 0 Å². The van der Waals surface area contributed by atoms with Gasteiger partial charge in [-0.05, 0) is 40.9 Å². The van der Waals surface area contributed by atoms with Crippen LogP contribution in [0.1, 0.15) is 12.8 Å². The van der Waals surface area contributed by atoms with Crippen LogP contribution in [0.5, 0.6) is 0 Å². The van der Waals surface area contributed by atoms with Gasteiger partial charge in [-0.1, -0.05) is 0 Å². The number of piperazine rings is 1. The van der Waals surface area contributed by atoms with E-state index in [9.17, 15) is 9.59 Å². The Morgan fingerprint density at radius 2 is 1.95 bits per heavy atom. The van der Waals surface area contributed by atoms with Crippen molar-refractivity contribution >= 4 is 33.6 Å². The molecule has 1 aromatic heterocycles. The first-order valence-corrected chi connectivity index (χ1v) is 8.35. The highest BCUT2D eigenvalue weighted by Crippen LogP contribution is 2.28. The molecule has 22 heavy (non-hydrogen) atoms. The van der Waals surface area contributed by atoms with Gasteiger partial charge in [0, 0.05) is 42.8 Å². The molecule has 0 bridgehead atoms. The Morgan fingerprint density at radius 1 is 1.23 bits per heavy atom. The third-order valence-corrected chi connectivity index (χ3v) is 4.50. The number of aromatic nitrogens is 1. The van der Waals surface area contributed by atoms with Crippen LogP contribution in [0.25, 0.3) is 0 Å². The summed E-state index contributed by atoms with van der Waals surface area (Å²) in [5.41, 5.74) is 0. The number of halogens is 1. The van der Waals surface area contributed by atoms with Crippen molar-refractivity contribution in [3.8, 4) is 0 Å². The summed E-state index contributed by atoms with van der Waals surface area (Å²) < 4.78 is 0.955. The van der Waals surface area contributed by atoms with Gasteiger partial charge in [0.05, 0.1) is 6.54 Å². The summed E-state index contributed by atoms with van der Waals surface area (Å²) >= 11 is 3.37. The molecular weight excluding hydrogens is 348 g/mol. The van der Waals surface area contributed by atoms with Crippen molar-refractivity contribution in [1.29, 1.82) is 0 Å². The average molecular weight is 367 g/mol. The molecule has 118 valence electrons. The summed E-state index contributed by atoms with van der Waals surface area (Å²) in [6.45, 7) is 2.96. The van der Waals surface area contributed by atoms with Gasteiger partial charge in [0.25, 0.3) is 0 Å². The van der Waals surface area contributed by atoms with Gasteiger partial charge < -0.3 is 15.1 Å². The van der Waals surface area contributed by atoms with Crippen molar-refractivity contribution in [2.75, 3.05) is 37.6 Å². The number of carbonyl (C=O) groups excluding carboxylic acids is 2. The van der Waals surface area contributed by atoms with Crippen molar-refractivity contribution < 1.29 is 9.59 Å². The number of pyridine rings is 1. The van der Waals surface area contributed by atoms with E-state index in [1.807, 2.05) is 17.0 Å². The molecule has 1 saturated heterocycles. The van der Waals surface area contributed by atoms with Crippen molar-refractivity contribution in [3.05, 3.63) is 22.8 Å². The van der Waals surface area contributed by atoms with Crippen molar-refractivity contribution in [2.45, 2.75) is 12.8 Å². The molecule has 1 aromatic rings. The molecule has 0 aromatic carbocycles. The predicted octanol–water partition coefficient (Wildman–Crippen LogP) is 1.02. The monoisotopic (exact) mass is 366 g/mol. The van der Waals surface area contributed by atoms with E-state index in [-0.39, 0.29) is 24.3 Å². The molecule has 0 unspecified atom stereocenters. The number of carbonyl (C=O) groups is 2. The van der Waals surface area contributed by atoms with Crippen LogP contribution in [0.3, 0.4) is 0 Å². The van der Waals surface area contributed by atoms with Crippen LogP contribution in [0.4, 0.5) is 5.82 Å². The molecule has 0 spiro atoms. The molecule has 7 heteroatoms. The summed E-state index contributed by atoms with van der Waals surface area (Å²) in [7, 11) is 0. The van der Waals surface area contributed by atoms with Crippen LogP contribution < -0.4 is 10.2 Å². The number of amides is 2. The Bertz CT molecular complexity index is 551. The lowest BCUT2D eigenvalue weighted by Gasteiger charge is -2.35. The van der Waals surface area contributed by atoms with Gasteiger partial charge in [0.1, 0.15) is 5.82 Å². The van der Waals surface area contributed by atoms with E-state index in [4.69, 9.17) is 0 Å². The molecule has 2 fully saturated rings. The second-order valence-electron chi connectivity index (χ2n) is 5.69. The van der Waals surface area contributed by atoms with Crippen molar-refractivity contribution in [1.82, 2.24) is 15.2 Å². The third kappa shape index (κ3) is 3.76. The molecule has 2 heterocycles. The molecule has 1 aliphatic carbocycles. The highest BCUT2D eigenvalue weighted by atomic mass is 79.9. The summed E-state index contributed by atoms with van der Waals surface area (Å²) in [6.07, 6.45) is 3.69. The normalized spacial score (nSPS) is 18.2. The summed E-state index contributed by atoms with van der Waals surface area (Å²) in [6, 6.07) is 3.94. The largest absolute Gasteiger partial charge is 0.353 e. The summed E-state index contributed by atoms with van der Waals surface area (Å²) in [5, 5.41) is 2.73. The Kier molecular flexibility index (Phi) is 4.61. The standard InChI is InChI=1S/C15H19BrN4O2/c16-12-3-4-13(17-9-12)19-5-7-20(8-6-19)14(21)10-18-15(22)11-1-2-11/h3-4,9,11H,1-2,5-8,10H2,(H,18,22). The molecule has 6 nitrogen and oxygen atoms in total. The van der Waals surface area contributed by atoms with Gasteiger partial charge in [0.2, 0.25) is 11.8 Å². The van der Waals surface area contributed by atoms with Crippen LogP contribution in [0.2, 0.25) is 0 Å². The zero-order valence-electron chi connectivity index (χ0n) is 12.3. The van der Waals surface area contributed by atoms with Crippen molar-refractivity contribution in [3.63, 3.8) is 0 Å². The minimum absolute atomic E-state index is 0.00239. The Morgan fingerprint density at radius 3 is 2.55 bits per heavy atom. The average Bonchev–Trinajstić information content (AvgIpc) is 3.38. The fourth-order valence-corrected chi connectivity index (χ4v) is 2.74. The van der Waals surface area contributed by atoms with Gasteiger partial charge in [-0.25, -0.2) is 4.98 Å². The van der Waals surface area contributed by atoms with Crippen LogP contribution in [-0.2, 0) is 9.59 Å². The van der Waals surface area contributed by atoms with Crippen LogP contribution in [-0.4, -0.2) is 54.4 Å². The zero-order chi connectivity index (χ0) is 15.5. The van der Waals surface area contributed by atoms with E-state index in [1.165, 1.54) is 0 Å². The highest BCUT2D eigenvalue weighted by Gasteiger charge is 2.30. The van der Waals surface area contributed by atoms with E-state index < -0.39 is 0 Å². The van der Waals surface area contributed by atoms with Gasteiger partial charge in [0.15, 0.2) is 0 Å². The third-order valence-electron chi connectivity index (χ3n) is 4.03. The van der Waals surface area contributed by atoms with Crippen LogP contribution >= 0.6 is 15.9 Å². The fourth-order valence-electron chi connectivity index (χ4n) is 2.50. The lowest BCUT2D eigenvalue weighted by molar-refractivity contribution is -0.133. The quantitative estimate of drug-likeness (QED) is 0.863. The van der Waals surface area contributed by atoms with E-state index in [0.717, 1.165) is 36.2 Å². The molecule has 3 rings (SSSR count). The maximum atomic E-state index is 12.1. The Labute approximate surface area is 138 Å². The second kappa shape index (κ2) is 6.64. The Hall–Kier alpha value is -1.63. The number of nitrogens with one attached hydrogen (secondary N) is 1. The SMILES string of the molecule is O=C(NCC(=O)N1CCN(c2ccc(Br)cn2)CC1)C1CC1. The minimum Gasteiger partial charge on any atom is -0.353 e. The van der Waals surface area contributed by atoms with Gasteiger partial charge in [-0.3, -0.25) is 9.59 Å². The molecular formula is C15H19BrN4O2. The van der Waals surface area contributed by atoms with Gasteiger partial charge in [-0.15, -0.1) is 0 Å². The summed E-state index contributed by atoms with van der Waals surface area (Å²) in [4.78, 5) is 32.0. The number of hydrogen-bond donors (Lipinski definition) is 1. The smallest absolute Gasteiger partial charge is 0.242 e. The van der Waals surface area contributed by atoms with Crippen LogP contribution in [0, 0.1) is 5.92 Å². The topological polar surface area (TPSA) is 65.5 Å². The van der Waals surface area contributed by atoms with Crippen LogP contribution in [0.15, 0.2) is 22.8 Å².